The van der Waals surface area contributed by atoms with Crippen LogP contribution in [0.4, 0.5) is 5.69 Å². The van der Waals surface area contributed by atoms with Crippen LogP contribution in [0, 0.1) is 5.92 Å². The number of hydrogen-bond acceptors (Lipinski definition) is 5. The largest absolute Gasteiger partial charge is 0.497 e. The lowest BCUT2D eigenvalue weighted by atomic mass is 10.1. The van der Waals surface area contributed by atoms with Gasteiger partial charge >= 0.3 is 0 Å². The quantitative estimate of drug-likeness (QED) is 0.851. The van der Waals surface area contributed by atoms with E-state index >= 15 is 0 Å². The van der Waals surface area contributed by atoms with Crippen LogP contribution in [0.5, 0.6) is 11.5 Å². The lowest BCUT2D eigenvalue weighted by Gasteiger charge is -2.20. The van der Waals surface area contributed by atoms with E-state index in [0.29, 0.717) is 12.5 Å². The Morgan fingerprint density at radius 2 is 1.86 bits per heavy atom. The minimum absolute atomic E-state index is 0.317. The molecule has 0 bridgehead atoms. The van der Waals surface area contributed by atoms with Gasteiger partial charge in [0.15, 0.2) is 0 Å². The number of nitrogens with one attached hydrogen (secondary N) is 1. The van der Waals surface area contributed by atoms with E-state index < -0.39 is 10.0 Å². The number of rotatable bonds is 6. The molecule has 1 saturated heterocycles. The minimum Gasteiger partial charge on any atom is -0.497 e. The first-order valence-corrected chi connectivity index (χ1v) is 8.73. The van der Waals surface area contributed by atoms with Gasteiger partial charge in [0.2, 0.25) is 10.0 Å². The third-order valence-corrected chi connectivity index (χ3v) is 4.31. The van der Waals surface area contributed by atoms with E-state index in [9.17, 15) is 8.42 Å². The van der Waals surface area contributed by atoms with Gasteiger partial charge in [-0.15, -0.1) is 0 Å². The highest BCUT2D eigenvalue weighted by atomic mass is 32.2. The first-order valence-electron chi connectivity index (χ1n) is 6.84. The van der Waals surface area contributed by atoms with Gasteiger partial charge in [0.25, 0.3) is 0 Å². The molecule has 0 amide bonds. The molecule has 0 spiro atoms. The summed E-state index contributed by atoms with van der Waals surface area (Å²) in [7, 11) is 0.129. The second kappa shape index (κ2) is 6.53. The van der Waals surface area contributed by atoms with E-state index in [4.69, 9.17) is 9.47 Å². The summed E-state index contributed by atoms with van der Waals surface area (Å²) in [6.45, 7) is 2.20. The maximum Gasteiger partial charge on any atom is 0.208 e. The molecule has 1 aliphatic rings. The Balaban J connectivity index is 2.03. The highest BCUT2D eigenvalue weighted by Gasteiger charge is 2.24. The topological polar surface area (TPSA) is 67.9 Å². The fraction of sp³-hybridized carbons (Fsp3) is 0.571. The standard InChI is InChI=1S/C14H22N2O4S/c1-19-13-6-12(7-14(8-13)20-2)16-5-4-11(10-16)9-15-21(3,17)18/h6-8,11,15H,4-5,9-10H2,1-3H3/t11-/m0/s1. The number of ether oxygens (including phenoxy) is 2. The van der Waals surface area contributed by atoms with Crippen molar-refractivity contribution in [1.29, 1.82) is 0 Å². The first-order chi connectivity index (χ1) is 9.91. The van der Waals surface area contributed by atoms with E-state index in [1.54, 1.807) is 14.2 Å². The van der Waals surface area contributed by atoms with Gasteiger partial charge in [-0.3, -0.25) is 0 Å². The Morgan fingerprint density at radius 3 is 2.38 bits per heavy atom. The van der Waals surface area contributed by atoms with Crippen molar-refractivity contribution in [1.82, 2.24) is 4.72 Å². The molecule has 1 atom stereocenters. The molecule has 0 aliphatic carbocycles. The molecule has 0 radical (unpaired) electrons. The number of anilines is 1. The summed E-state index contributed by atoms with van der Waals surface area (Å²) in [5.74, 6) is 1.82. The molecule has 1 aromatic carbocycles. The molecule has 1 heterocycles. The van der Waals surface area contributed by atoms with Crippen LogP contribution >= 0.6 is 0 Å². The van der Waals surface area contributed by atoms with E-state index in [1.807, 2.05) is 18.2 Å². The molecule has 6 nitrogen and oxygen atoms in total. The van der Waals surface area contributed by atoms with Crippen LogP contribution in [0.3, 0.4) is 0 Å². The number of nitrogens with zero attached hydrogens (tertiary/aromatic N) is 1. The number of benzene rings is 1. The average molecular weight is 314 g/mol. The molecule has 0 saturated carbocycles. The lowest BCUT2D eigenvalue weighted by molar-refractivity contribution is 0.394. The van der Waals surface area contributed by atoms with E-state index in [2.05, 4.69) is 9.62 Å². The van der Waals surface area contributed by atoms with Crippen molar-refractivity contribution in [2.75, 3.05) is 45.0 Å². The number of sulfonamides is 1. The van der Waals surface area contributed by atoms with Crippen molar-refractivity contribution in [3.63, 3.8) is 0 Å². The van der Waals surface area contributed by atoms with Crippen molar-refractivity contribution in [2.24, 2.45) is 5.92 Å². The molecular formula is C14H22N2O4S. The number of methoxy groups -OCH3 is 2. The molecule has 0 aromatic heterocycles. The molecule has 118 valence electrons. The summed E-state index contributed by atoms with van der Waals surface area (Å²) in [6.07, 6.45) is 2.15. The smallest absolute Gasteiger partial charge is 0.208 e. The monoisotopic (exact) mass is 314 g/mol. The fourth-order valence-corrected chi connectivity index (χ4v) is 3.02. The van der Waals surface area contributed by atoms with Crippen LogP contribution < -0.4 is 19.1 Å². The zero-order valence-corrected chi connectivity index (χ0v) is 13.4. The van der Waals surface area contributed by atoms with Crippen molar-refractivity contribution < 1.29 is 17.9 Å². The van der Waals surface area contributed by atoms with Gasteiger partial charge in [-0.05, 0) is 12.3 Å². The van der Waals surface area contributed by atoms with Crippen molar-refractivity contribution in [2.45, 2.75) is 6.42 Å². The Kier molecular flexibility index (Phi) is 4.95. The molecule has 7 heteroatoms. The van der Waals surface area contributed by atoms with Crippen LogP contribution in [-0.4, -0.2) is 48.5 Å². The van der Waals surface area contributed by atoms with Gasteiger partial charge in [-0.25, -0.2) is 13.1 Å². The molecular weight excluding hydrogens is 292 g/mol. The fourth-order valence-electron chi connectivity index (χ4n) is 2.48. The van der Waals surface area contributed by atoms with Gasteiger partial charge in [-0.2, -0.15) is 0 Å². The Morgan fingerprint density at radius 1 is 1.24 bits per heavy atom. The van der Waals surface area contributed by atoms with Crippen LogP contribution in [0.15, 0.2) is 18.2 Å². The van der Waals surface area contributed by atoms with Crippen molar-refractivity contribution in [3.05, 3.63) is 18.2 Å². The van der Waals surface area contributed by atoms with E-state index in [0.717, 1.165) is 36.7 Å². The molecule has 1 aliphatic heterocycles. The highest BCUT2D eigenvalue weighted by Crippen LogP contribution is 2.31. The molecule has 1 fully saturated rings. The predicted molar refractivity (Wildman–Crippen MR) is 82.7 cm³/mol. The summed E-state index contributed by atoms with van der Waals surface area (Å²) >= 11 is 0. The van der Waals surface area contributed by atoms with Crippen LogP contribution in [0.1, 0.15) is 6.42 Å². The van der Waals surface area contributed by atoms with Gasteiger partial charge in [-0.1, -0.05) is 0 Å². The van der Waals surface area contributed by atoms with Crippen molar-refractivity contribution in [3.8, 4) is 11.5 Å². The summed E-state index contributed by atoms with van der Waals surface area (Å²) in [5.41, 5.74) is 1.04. The summed E-state index contributed by atoms with van der Waals surface area (Å²) in [5, 5.41) is 0. The molecule has 1 aromatic rings. The second-order valence-electron chi connectivity index (χ2n) is 5.29. The van der Waals surface area contributed by atoms with Gasteiger partial charge < -0.3 is 14.4 Å². The molecule has 0 unspecified atom stereocenters. The van der Waals surface area contributed by atoms with E-state index in [-0.39, 0.29) is 0 Å². The Labute approximate surface area is 126 Å². The average Bonchev–Trinajstić information content (AvgIpc) is 2.92. The van der Waals surface area contributed by atoms with Crippen LogP contribution in [0.25, 0.3) is 0 Å². The summed E-state index contributed by atoms with van der Waals surface area (Å²) in [4.78, 5) is 2.22. The zero-order valence-electron chi connectivity index (χ0n) is 12.6. The SMILES string of the molecule is COc1cc(OC)cc(N2CC[C@@H](CNS(C)(=O)=O)C2)c1. The van der Waals surface area contributed by atoms with Crippen LogP contribution in [-0.2, 0) is 10.0 Å². The maximum atomic E-state index is 11.1. The predicted octanol–water partition coefficient (Wildman–Crippen LogP) is 1.08. The zero-order chi connectivity index (χ0) is 15.5. The van der Waals surface area contributed by atoms with Crippen molar-refractivity contribution >= 4 is 15.7 Å². The summed E-state index contributed by atoms with van der Waals surface area (Å²) < 4.78 is 35.4. The Bertz CT molecular complexity index is 566. The van der Waals surface area contributed by atoms with Crippen LogP contribution in [0.2, 0.25) is 0 Å². The summed E-state index contributed by atoms with van der Waals surface area (Å²) in [6, 6.07) is 5.77. The third kappa shape index (κ3) is 4.50. The normalized spacial score (nSPS) is 18.8. The molecule has 1 N–H and O–H groups in total. The molecule has 2 rings (SSSR count). The first kappa shape index (κ1) is 15.9. The minimum atomic E-state index is -3.12. The van der Waals surface area contributed by atoms with E-state index in [1.165, 1.54) is 6.26 Å². The number of hydrogen-bond donors (Lipinski definition) is 1. The highest BCUT2D eigenvalue weighted by molar-refractivity contribution is 7.88. The third-order valence-electron chi connectivity index (χ3n) is 3.62. The Hall–Kier alpha value is -1.47. The maximum absolute atomic E-state index is 11.1. The van der Waals surface area contributed by atoms with Gasteiger partial charge in [0.05, 0.1) is 20.5 Å². The molecule has 21 heavy (non-hydrogen) atoms. The second-order valence-corrected chi connectivity index (χ2v) is 7.13. The lowest BCUT2D eigenvalue weighted by Crippen LogP contribution is -2.30. The van der Waals surface area contributed by atoms with Gasteiger partial charge in [0.1, 0.15) is 11.5 Å². The van der Waals surface area contributed by atoms with Gasteiger partial charge in [0, 0.05) is 43.5 Å².